The SMILES string of the molecule is C=CCOC(=O)C[C@@H]1NC(=O)[C@H](CCC(=O)OC(C)(C)C)NC1=O. The summed E-state index contributed by atoms with van der Waals surface area (Å²) >= 11 is 0. The van der Waals surface area contributed by atoms with Crippen LogP contribution >= 0.6 is 0 Å². The van der Waals surface area contributed by atoms with Crippen molar-refractivity contribution in [3.8, 4) is 0 Å². The highest BCUT2D eigenvalue weighted by molar-refractivity contribution is 5.98. The van der Waals surface area contributed by atoms with E-state index in [1.807, 2.05) is 0 Å². The van der Waals surface area contributed by atoms with E-state index in [2.05, 4.69) is 17.2 Å². The lowest BCUT2D eigenvalue weighted by molar-refractivity contribution is -0.155. The van der Waals surface area contributed by atoms with Gasteiger partial charge in [-0.15, -0.1) is 0 Å². The number of esters is 2. The fourth-order valence-electron chi connectivity index (χ4n) is 2.05. The Bertz CT molecular complexity index is 523. The second-order valence-corrected chi connectivity index (χ2v) is 6.42. The van der Waals surface area contributed by atoms with Gasteiger partial charge in [-0.2, -0.15) is 0 Å². The molecule has 0 aliphatic carbocycles. The minimum absolute atomic E-state index is 0.00167. The normalized spacial score (nSPS) is 20.6. The van der Waals surface area contributed by atoms with Crippen molar-refractivity contribution in [3.05, 3.63) is 12.7 Å². The van der Waals surface area contributed by atoms with Crippen molar-refractivity contribution < 1.29 is 28.7 Å². The van der Waals surface area contributed by atoms with Gasteiger partial charge in [0.15, 0.2) is 0 Å². The zero-order chi connectivity index (χ0) is 18.3. The molecule has 1 fully saturated rings. The van der Waals surface area contributed by atoms with Crippen LogP contribution in [0.25, 0.3) is 0 Å². The Morgan fingerprint density at radius 1 is 1.12 bits per heavy atom. The molecule has 0 aromatic rings. The van der Waals surface area contributed by atoms with Gasteiger partial charge in [-0.1, -0.05) is 12.7 Å². The third-order valence-electron chi connectivity index (χ3n) is 3.06. The highest BCUT2D eigenvalue weighted by atomic mass is 16.6. The number of hydrogen-bond donors (Lipinski definition) is 2. The van der Waals surface area contributed by atoms with Gasteiger partial charge in [-0.05, 0) is 27.2 Å². The number of ether oxygens (including phenoxy) is 2. The van der Waals surface area contributed by atoms with Gasteiger partial charge in [-0.25, -0.2) is 0 Å². The molecule has 0 saturated carbocycles. The zero-order valence-electron chi connectivity index (χ0n) is 14.2. The first kappa shape index (κ1) is 19.7. The van der Waals surface area contributed by atoms with E-state index >= 15 is 0 Å². The van der Waals surface area contributed by atoms with E-state index < -0.39 is 41.4 Å². The van der Waals surface area contributed by atoms with Crippen LogP contribution < -0.4 is 10.6 Å². The summed E-state index contributed by atoms with van der Waals surface area (Å²) in [4.78, 5) is 47.1. The quantitative estimate of drug-likeness (QED) is 0.506. The van der Waals surface area contributed by atoms with Crippen molar-refractivity contribution >= 4 is 23.8 Å². The van der Waals surface area contributed by atoms with Gasteiger partial charge in [-0.3, -0.25) is 19.2 Å². The van der Waals surface area contributed by atoms with Crippen molar-refractivity contribution in [3.63, 3.8) is 0 Å². The number of carbonyl (C=O) groups is 4. The lowest BCUT2D eigenvalue weighted by Crippen LogP contribution is -2.62. The molecule has 8 heteroatoms. The Balaban J connectivity index is 2.46. The Labute approximate surface area is 140 Å². The number of rotatable bonds is 7. The van der Waals surface area contributed by atoms with E-state index in [1.54, 1.807) is 20.8 Å². The minimum atomic E-state index is -0.979. The van der Waals surface area contributed by atoms with Crippen molar-refractivity contribution in [2.75, 3.05) is 6.61 Å². The molecule has 0 aromatic carbocycles. The van der Waals surface area contributed by atoms with E-state index in [-0.39, 0.29) is 25.9 Å². The summed E-state index contributed by atoms with van der Waals surface area (Å²) in [5.74, 6) is -1.98. The molecule has 0 radical (unpaired) electrons. The van der Waals surface area contributed by atoms with E-state index in [0.717, 1.165) is 0 Å². The predicted molar refractivity (Wildman–Crippen MR) is 84.7 cm³/mol. The van der Waals surface area contributed by atoms with E-state index in [9.17, 15) is 19.2 Å². The first-order valence-corrected chi connectivity index (χ1v) is 7.71. The third-order valence-corrected chi connectivity index (χ3v) is 3.06. The summed E-state index contributed by atoms with van der Waals surface area (Å²) in [7, 11) is 0. The monoisotopic (exact) mass is 340 g/mol. The first-order valence-electron chi connectivity index (χ1n) is 7.71. The highest BCUT2D eigenvalue weighted by Crippen LogP contribution is 2.12. The Morgan fingerprint density at radius 2 is 1.71 bits per heavy atom. The Morgan fingerprint density at radius 3 is 2.29 bits per heavy atom. The molecule has 1 aliphatic rings. The molecule has 2 amide bonds. The first-order chi connectivity index (χ1) is 11.1. The maximum atomic E-state index is 12.0. The van der Waals surface area contributed by atoms with E-state index in [0.29, 0.717) is 0 Å². The number of carbonyl (C=O) groups excluding carboxylic acids is 4. The second-order valence-electron chi connectivity index (χ2n) is 6.42. The summed E-state index contributed by atoms with van der Waals surface area (Å²) in [6, 6.07) is -1.81. The smallest absolute Gasteiger partial charge is 0.308 e. The van der Waals surface area contributed by atoms with Crippen molar-refractivity contribution in [2.24, 2.45) is 0 Å². The molecule has 1 aliphatic heterocycles. The lowest BCUT2D eigenvalue weighted by Gasteiger charge is -2.29. The number of nitrogens with one attached hydrogen (secondary N) is 2. The number of piperazine rings is 1. The summed E-state index contributed by atoms with van der Waals surface area (Å²) < 4.78 is 9.93. The van der Waals surface area contributed by atoms with Crippen LogP contribution in [0.1, 0.15) is 40.0 Å². The van der Waals surface area contributed by atoms with Gasteiger partial charge in [0.2, 0.25) is 11.8 Å². The topological polar surface area (TPSA) is 111 Å². The molecule has 1 rings (SSSR count). The molecule has 0 bridgehead atoms. The molecule has 0 unspecified atom stereocenters. The third kappa shape index (κ3) is 6.80. The van der Waals surface area contributed by atoms with Crippen molar-refractivity contribution in [1.29, 1.82) is 0 Å². The maximum Gasteiger partial charge on any atom is 0.308 e. The zero-order valence-corrected chi connectivity index (χ0v) is 14.2. The molecule has 8 nitrogen and oxygen atoms in total. The standard InChI is InChI=1S/C16H24N2O6/c1-5-8-23-13(20)9-11-15(22)17-10(14(21)18-11)6-7-12(19)24-16(2,3)4/h5,10-11H,1,6-9H2,2-4H3,(H,17,22)(H,18,21)/t10-,11-/m0/s1. The maximum absolute atomic E-state index is 12.0. The molecular formula is C16H24N2O6. The van der Waals surface area contributed by atoms with Crippen molar-refractivity contribution in [2.45, 2.75) is 57.7 Å². The van der Waals surface area contributed by atoms with Crippen LogP contribution in [0.15, 0.2) is 12.7 Å². The van der Waals surface area contributed by atoms with Gasteiger partial charge in [0.1, 0.15) is 24.3 Å². The molecule has 24 heavy (non-hydrogen) atoms. The molecule has 134 valence electrons. The lowest BCUT2D eigenvalue weighted by atomic mass is 10.0. The summed E-state index contributed by atoms with van der Waals surface area (Å²) in [6.07, 6.45) is 1.27. The molecule has 2 N–H and O–H groups in total. The fraction of sp³-hybridized carbons (Fsp3) is 0.625. The average Bonchev–Trinajstić information content (AvgIpc) is 2.45. The van der Waals surface area contributed by atoms with Gasteiger partial charge in [0, 0.05) is 6.42 Å². The molecule has 1 saturated heterocycles. The Kier molecular flexibility index (Phi) is 6.94. The average molecular weight is 340 g/mol. The minimum Gasteiger partial charge on any atom is -0.461 e. The Hall–Kier alpha value is -2.38. The van der Waals surface area contributed by atoms with Crippen LogP contribution in [0.5, 0.6) is 0 Å². The molecule has 0 spiro atoms. The van der Waals surface area contributed by atoms with E-state index in [4.69, 9.17) is 9.47 Å². The largest absolute Gasteiger partial charge is 0.461 e. The van der Waals surface area contributed by atoms with Gasteiger partial charge in [0.05, 0.1) is 6.42 Å². The van der Waals surface area contributed by atoms with Crippen LogP contribution in [0.4, 0.5) is 0 Å². The van der Waals surface area contributed by atoms with Gasteiger partial charge < -0.3 is 20.1 Å². The predicted octanol–water partition coefficient (Wildman–Crippen LogP) is 0.211. The van der Waals surface area contributed by atoms with Crippen LogP contribution in [0.3, 0.4) is 0 Å². The van der Waals surface area contributed by atoms with Crippen LogP contribution in [-0.2, 0) is 28.7 Å². The van der Waals surface area contributed by atoms with E-state index in [1.165, 1.54) is 6.08 Å². The highest BCUT2D eigenvalue weighted by Gasteiger charge is 2.35. The van der Waals surface area contributed by atoms with Crippen LogP contribution in [0.2, 0.25) is 0 Å². The van der Waals surface area contributed by atoms with Gasteiger partial charge in [0.25, 0.3) is 0 Å². The second kappa shape index (κ2) is 8.47. The molecular weight excluding hydrogens is 316 g/mol. The summed E-state index contributed by atoms with van der Waals surface area (Å²) in [5, 5.41) is 4.97. The molecule has 0 aromatic heterocycles. The van der Waals surface area contributed by atoms with Crippen LogP contribution in [0, 0.1) is 0 Å². The number of hydrogen-bond acceptors (Lipinski definition) is 6. The fourth-order valence-corrected chi connectivity index (χ4v) is 2.05. The summed E-state index contributed by atoms with van der Waals surface area (Å²) in [5.41, 5.74) is -0.605. The van der Waals surface area contributed by atoms with Crippen LogP contribution in [-0.4, -0.2) is 48.0 Å². The molecule has 2 atom stereocenters. The summed E-state index contributed by atoms with van der Waals surface area (Å²) in [6.45, 7) is 8.69. The van der Waals surface area contributed by atoms with Gasteiger partial charge >= 0.3 is 11.9 Å². The number of amides is 2. The molecule has 1 heterocycles. The van der Waals surface area contributed by atoms with Crippen molar-refractivity contribution in [1.82, 2.24) is 10.6 Å².